The molecule has 0 amide bonds. The summed E-state index contributed by atoms with van der Waals surface area (Å²) in [5.41, 5.74) is 6.53. The molecule has 46 valence electrons. The molecule has 2 rings (SSSR count). The number of nitrogens with one attached hydrogen (secondary N) is 2. The third-order valence-electron chi connectivity index (χ3n) is 1.30. The van der Waals surface area contributed by atoms with Crippen molar-refractivity contribution < 1.29 is 0 Å². The van der Waals surface area contributed by atoms with Crippen LogP contribution in [0.1, 0.15) is 0 Å². The summed E-state index contributed by atoms with van der Waals surface area (Å²) < 4.78 is 0. The van der Waals surface area contributed by atoms with Crippen molar-refractivity contribution in [2.24, 2.45) is 10.1 Å². The van der Waals surface area contributed by atoms with E-state index in [0.717, 1.165) is 5.71 Å². The van der Waals surface area contributed by atoms with Crippen LogP contribution in [0.25, 0.3) is 0 Å². The van der Waals surface area contributed by atoms with E-state index in [1.54, 1.807) is 12.4 Å². The summed E-state index contributed by atoms with van der Waals surface area (Å²) in [4.78, 5) is 3.90. The molecule has 0 fully saturated rings. The maximum atomic E-state index is 3.91. The molecule has 1 unspecified atom stereocenters. The smallest absolute Gasteiger partial charge is 0.103 e. The first-order valence-corrected chi connectivity index (χ1v) is 2.75. The third-order valence-corrected chi connectivity index (χ3v) is 1.30. The zero-order valence-electron chi connectivity index (χ0n) is 4.70. The van der Waals surface area contributed by atoms with E-state index >= 15 is 0 Å². The molecule has 4 heteroatoms. The molecule has 0 spiro atoms. The van der Waals surface area contributed by atoms with Crippen molar-refractivity contribution in [2.45, 2.75) is 6.04 Å². The maximum absolute atomic E-state index is 3.91. The first-order chi connectivity index (χ1) is 4.47. The van der Waals surface area contributed by atoms with Gasteiger partial charge in [-0.15, -0.1) is 0 Å². The van der Waals surface area contributed by atoms with Crippen molar-refractivity contribution in [3.05, 3.63) is 12.3 Å². The summed E-state index contributed by atoms with van der Waals surface area (Å²) in [6, 6.07) is 0.225. The minimum atomic E-state index is 0.225. The Morgan fingerprint density at radius 1 is 1.56 bits per heavy atom. The number of nitrogens with zero attached hydrogens (tertiary/aromatic N) is 2. The fourth-order valence-corrected chi connectivity index (χ4v) is 0.821. The second-order valence-corrected chi connectivity index (χ2v) is 1.89. The molecule has 1 atom stereocenters. The zero-order chi connectivity index (χ0) is 6.10. The van der Waals surface area contributed by atoms with Gasteiger partial charge in [-0.25, -0.2) is 11.0 Å². The van der Waals surface area contributed by atoms with Gasteiger partial charge in [-0.2, -0.15) is 5.10 Å². The van der Waals surface area contributed by atoms with Gasteiger partial charge in [-0.1, -0.05) is 0 Å². The summed E-state index contributed by atoms with van der Waals surface area (Å²) in [5, 5.41) is 3.91. The summed E-state index contributed by atoms with van der Waals surface area (Å²) in [6.45, 7) is 0. The lowest BCUT2D eigenvalue weighted by molar-refractivity contribution is 0.608. The molecule has 2 heterocycles. The highest BCUT2D eigenvalue weighted by atomic mass is 15.6. The second-order valence-electron chi connectivity index (χ2n) is 1.89. The van der Waals surface area contributed by atoms with Crippen LogP contribution in [0.15, 0.2) is 22.4 Å². The molecule has 2 aliphatic rings. The van der Waals surface area contributed by atoms with Crippen molar-refractivity contribution in [3.8, 4) is 0 Å². The van der Waals surface area contributed by atoms with E-state index < -0.39 is 0 Å². The highest BCUT2D eigenvalue weighted by molar-refractivity contribution is 6.34. The van der Waals surface area contributed by atoms with Gasteiger partial charge < -0.3 is 0 Å². The van der Waals surface area contributed by atoms with Crippen molar-refractivity contribution >= 4 is 11.9 Å². The van der Waals surface area contributed by atoms with Crippen LogP contribution >= 0.6 is 0 Å². The molecule has 4 nitrogen and oxygen atoms in total. The van der Waals surface area contributed by atoms with Crippen molar-refractivity contribution in [1.82, 2.24) is 11.0 Å². The molecule has 2 aliphatic heterocycles. The Balaban J connectivity index is 2.33. The third kappa shape index (κ3) is 0.639. The van der Waals surface area contributed by atoms with E-state index in [4.69, 9.17) is 0 Å². The highest BCUT2D eigenvalue weighted by Gasteiger charge is 2.16. The number of hydrogen-bond donors (Lipinski definition) is 2. The molecular formula is C5H6N4. The number of fused-ring (bicyclic) bond motifs is 1. The molecule has 0 saturated carbocycles. The van der Waals surface area contributed by atoms with Crippen LogP contribution in [0.5, 0.6) is 0 Å². The Kier molecular flexibility index (Phi) is 0.868. The van der Waals surface area contributed by atoms with Crippen LogP contribution < -0.4 is 11.0 Å². The first kappa shape index (κ1) is 4.69. The molecular weight excluding hydrogens is 116 g/mol. The minimum Gasteiger partial charge on any atom is -0.263 e. The Morgan fingerprint density at radius 3 is 3.44 bits per heavy atom. The normalized spacial score (nSPS) is 29.3. The average molecular weight is 122 g/mol. The van der Waals surface area contributed by atoms with E-state index in [-0.39, 0.29) is 6.04 Å². The molecule has 0 bridgehead atoms. The molecule has 0 aromatic carbocycles. The van der Waals surface area contributed by atoms with Crippen LogP contribution in [0.2, 0.25) is 0 Å². The van der Waals surface area contributed by atoms with Crippen molar-refractivity contribution in [2.75, 3.05) is 0 Å². The molecule has 0 aromatic heterocycles. The van der Waals surface area contributed by atoms with Crippen LogP contribution in [-0.2, 0) is 0 Å². The average Bonchev–Trinajstić information content (AvgIpc) is 2.33. The summed E-state index contributed by atoms with van der Waals surface area (Å²) in [7, 11) is 0. The van der Waals surface area contributed by atoms with Crippen LogP contribution in [0.3, 0.4) is 0 Å². The Labute approximate surface area is 52.3 Å². The van der Waals surface area contributed by atoms with Crippen molar-refractivity contribution in [3.63, 3.8) is 0 Å². The summed E-state index contributed by atoms with van der Waals surface area (Å²) in [5.74, 6) is 0. The number of rotatable bonds is 0. The lowest BCUT2D eigenvalue weighted by atomic mass is 10.2. The van der Waals surface area contributed by atoms with E-state index in [0.29, 0.717) is 0 Å². The fourth-order valence-electron chi connectivity index (χ4n) is 0.821. The molecule has 0 saturated heterocycles. The van der Waals surface area contributed by atoms with Gasteiger partial charge in [0.15, 0.2) is 0 Å². The molecule has 2 N–H and O–H groups in total. The first-order valence-electron chi connectivity index (χ1n) is 2.75. The Bertz CT molecular complexity index is 200. The standard InChI is InChI=1S/C5H6N4/c1-2-6-3-5-4(1)7-9-8-5/h1-4,7,9H. The van der Waals surface area contributed by atoms with Gasteiger partial charge in [-0.3, -0.25) is 4.99 Å². The van der Waals surface area contributed by atoms with Crippen molar-refractivity contribution in [1.29, 1.82) is 0 Å². The fraction of sp³-hybridized carbons (Fsp3) is 0.200. The Morgan fingerprint density at radius 2 is 2.56 bits per heavy atom. The topological polar surface area (TPSA) is 48.8 Å². The van der Waals surface area contributed by atoms with Gasteiger partial charge in [-0.05, 0) is 6.08 Å². The predicted molar refractivity (Wildman–Crippen MR) is 35.1 cm³/mol. The van der Waals surface area contributed by atoms with E-state index in [1.165, 1.54) is 0 Å². The molecule has 0 aromatic rings. The van der Waals surface area contributed by atoms with Gasteiger partial charge in [0.2, 0.25) is 0 Å². The van der Waals surface area contributed by atoms with Gasteiger partial charge >= 0.3 is 0 Å². The zero-order valence-corrected chi connectivity index (χ0v) is 4.70. The lowest BCUT2D eigenvalue weighted by Crippen LogP contribution is -2.34. The predicted octanol–water partition coefficient (Wildman–Crippen LogP) is -0.583. The van der Waals surface area contributed by atoms with Gasteiger partial charge in [0.25, 0.3) is 0 Å². The van der Waals surface area contributed by atoms with Gasteiger partial charge in [0.05, 0.1) is 12.3 Å². The van der Waals surface area contributed by atoms with Crippen LogP contribution in [0.4, 0.5) is 0 Å². The van der Waals surface area contributed by atoms with Gasteiger partial charge in [0, 0.05) is 6.20 Å². The second kappa shape index (κ2) is 1.66. The lowest BCUT2D eigenvalue weighted by Gasteiger charge is -2.04. The highest BCUT2D eigenvalue weighted by Crippen LogP contribution is 1.98. The number of hydrazone groups is 1. The van der Waals surface area contributed by atoms with Crippen LogP contribution in [-0.4, -0.2) is 18.0 Å². The monoisotopic (exact) mass is 122 g/mol. The SMILES string of the molecule is C1=CC2NNN=C2C=N1. The summed E-state index contributed by atoms with van der Waals surface area (Å²) >= 11 is 0. The molecule has 0 radical (unpaired) electrons. The number of hydrogen-bond acceptors (Lipinski definition) is 4. The number of aliphatic imine (C=N–C) groups is 1. The quantitative estimate of drug-likeness (QED) is 0.451. The van der Waals surface area contributed by atoms with E-state index in [2.05, 4.69) is 21.1 Å². The van der Waals surface area contributed by atoms with Gasteiger partial charge in [0.1, 0.15) is 5.71 Å². The minimum absolute atomic E-state index is 0.225. The van der Waals surface area contributed by atoms with E-state index in [9.17, 15) is 0 Å². The number of hydrazine groups is 1. The maximum Gasteiger partial charge on any atom is 0.103 e. The largest absolute Gasteiger partial charge is 0.263 e. The summed E-state index contributed by atoms with van der Waals surface area (Å²) in [6.07, 6.45) is 5.43. The van der Waals surface area contributed by atoms with E-state index in [1.807, 2.05) is 6.08 Å². The molecule has 0 aliphatic carbocycles. The molecule has 9 heavy (non-hydrogen) atoms. The Hall–Kier alpha value is -1.16. The van der Waals surface area contributed by atoms with Crippen LogP contribution in [0, 0.1) is 0 Å².